The van der Waals surface area contributed by atoms with Crippen LogP contribution in [0.25, 0.3) is 0 Å². The zero-order valence-electron chi connectivity index (χ0n) is 13.2. The van der Waals surface area contributed by atoms with Gasteiger partial charge in [-0.2, -0.15) is 0 Å². The summed E-state index contributed by atoms with van der Waals surface area (Å²) in [7, 11) is 0. The first kappa shape index (κ1) is 14.3. The topological polar surface area (TPSA) is 55.6 Å². The van der Waals surface area contributed by atoms with Crippen LogP contribution < -0.4 is 5.73 Å². The minimum atomic E-state index is -0.731. The maximum atomic E-state index is 13.2. The number of likely N-dealkylation sites (tertiary alicyclic amines) is 1. The molecule has 2 saturated heterocycles. The van der Waals surface area contributed by atoms with E-state index in [1.165, 1.54) is 0 Å². The fraction of sp³-hybridized carbons (Fsp3) is 0.938. The Labute approximate surface area is 122 Å². The molecule has 3 aliphatic rings. The van der Waals surface area contributed by atoms with Crippen molar-refractivity contribution in [2.75, 3.05) is 13.2 Å². The second-order valence-electron chi connectivity index (χ2n) is 7.73. The fourth-order valence-electron chi connectivity index (χ4n) is 4.79. The highest BCUT2D eigenvalue weighted by Crippen LogP contribution is 2.59. The zero-order chi connectivity index (χ0) is 14.7. The van der Waals surface area contributed by atoms with Gasteiger partial charge in [0.15, 0.2) is 0 Å². The van der Waals surface area contributed by atoms with Crippen molar-refractivity contribution in [1.82, 2.24) is 4.90 Å². The molecule has 2 N–H and O–H groups in total. The van der Waals surface area contributed by atoms with Crippen LogP contribution in [0.5, 0.6) is 0 Å². The Hall–Kier alpha value is -0.610. The van der Waals surface area contributed by atoms with Crippen molar-refractivity contribution in [1.29, 1.82) is 0 Å². The number of carbonyl (C=O) groups excluding carboxylic acids is 1. The molecule has 0 radical (unpaired) electrons. The Kier molecular flexibility index (Phi) is 3.18. The Bertz CT molecular complexity index is 421. The van der Waals surface area contributed by atoms with E-state index in [1.54, 1.807) is 0 Å². The molecule has 3 fully saturated rings. The molecule has 0 spiro atoms. The summed E-state index contributed by atoms with van der Waals surface area (Å²) in [5.41, 5.74) is 5.70. The quantitative estimate of drug-likeness (QED) is 0.839. The number of fused-ring (bicyclic) bond motifs is 1. The molecule has 1 aliphatic carbocycles. The van der Waals surface area contributed by atoms with E-state index in [2.05, 4.69) is 32.6 Å². The van der Waals surface area contributed by atoms with E-state index in [9.17, 15) is 4.79 Å². The Morgan fingerprint density at radius 3 is 2.70 bits per heavy atom. The van der Waals surface area contributed by atoms with Crippen molar-refractivity contribution in [3.05, 3.63) is 0 Å². The van der Waals surface area contributed by atoms with Crippen LogP contribution in [-0.2, 0) is 9.53 Å². The van der Waals surface area contributed by atoms with E-state index in [0.29, 0.717) is 12.0 Å². The molecule has 4 nitrogen and oxygen atoms in total. The van der Waals surface area contributed by atoms with Crippen LogP contribution in [0.2, 0.25) is 0 Å². The molecule has 1 saturated carbocycles. The van der Waals surface area contributed by atoms with Gasteiger partial charge in [0, 0.05) is 30.5 Å². The minimum Gasteiger partial charge on any atom is -0.377 e. The lowest BCUT2D eigenvalue weighted by Gasteiger charge is -2.61. The molecule has 4 heteroatoms. The van der Waals surface area contributed by atoms with Gasteiger partial charge in [0.25, 0.3) is 0 Å². The van der Waals surface area contributed by atoms with Crippen molar-refractivity contribution < 1.29 is 9.53 Å². The number of nitrogens with zero attached hydrogens (tertiary/aromatic N) is 1. The summed E-state index contributed by atoms with van der Waals surface area (Å²) in [5.74, 6) is 0.882. The van der Waals surface area contributed by atoms with Gasteiger partial charge in [0.2, 0.25) is 5.91 Å². The van der Waals surface area contributed by atoms with Gasteiger partial charge < -0.3 is 15.4 Å². The van der Waals surface area contributed by atoms with E-state index in [1.807, 2.05) is 0 Å². The van der Waals surface area contributed by atoms with Crippen molar-refractivity contribution in [2.24, 2.45) is 23.0 Å². The molecular formula is C16H28N2O2. The van der Waals surface area contributed by atoms with E-state index >= 15 is 0 Å². The highest BCUT2D eigenvalue weighted by atomic mass is 16.5. The summed E-state index contributed by atoms with van der Waals surface area (Å²) in [4.78, 5) is 15.2. The van der Waals surface area contributed by atoms with Gasteiger partial charge in [-0.05, 0) is 25.2 Å². The van der Waals surface area contributed by atoms with Gasteiger partial charge in [0.05, 0.1) is 6.10 Å². The molecule has 0 bridgehead atoms. The number of carbonyl (C=O) groups is 1. The van der Waals surface area contributed by atoms with Gasteiger partial charge in [-0.1, -0.05) is 27.7 Å². The highest BCUT2D eigenvalue weighted by molar-refractivity contribution is 5.90. The van der Waals surface area contributed by atoms with Crippen molar-refractivity contribution in [2.45, 2.75) is 64.6 Å². The van der Waals surface area contributed by atoms with Gasteiger partial charge >= 0.3 is 0 Å². The molecule has 2 aliphatic heterocycles. The maximum Gasteiger partial charge on any atom is 0.243 e. The minimum absolute atomic E-state index is 0.163. The molecule has 20 heavy (non-hydrogen) atoms. The number of nitrogens with two attached hydrogens (primary N) is 1. The first-order valence-corrected chi connectivity index (χ1v) is 8.03. The Morgan fingerprint density at radius 1 is 1.35 bits per heavy atom. The Morgan fingerprint density at radius 2 is 2.05 bits per heavy atom. The van der Waals surface area contributed by atoms with Crippen LogP contribution in [0, 0.1) is 17.3 Å². The number of ether oxygens (including phenoxy) is 1. The van der Waals surface area contributed by atoms with Crippen molar-refractivity contribution >= 4 is 5.91 Å². The number of hydrogen-bond donors (Lipinski definition) is 1. The monoisotopic (exact) mass is 280 g/mol. The molecule has 2 heterocycles. The molecule has 114 valence electrons. The first-order valence-electron chi connectivity index (χ1n) is 8.03. The van der Waals surface area contributed by atoms with Crippen LogP contribution in [0.1, 0.15) is 47.0 Å². The van der Waals surface area contributed by atoms with Crippen LogP contribution in [0.4, 0.5) is 0 Å². The largest absolute Gasteiger partial charge is 0.377 e. The standard InChI is InChI=1S/C16H28N2O2/c1-10(2)12-6-5-8-18(12)14(19)16(17)11-7-9-20-13(11)15(16,3)4/h10-13H,5-9,17H2,1-4H3. The third-order valence-electron chi connectivity index (χ3n) is 6.14. The molecule has 4 unspecified atom stereocenters. The second-order valence-corrected chi connectivity index (χ2v) is 7.73. The summed E-state index contributed by atoms with van der Waals surface area (Å²) in [5, 5.41) is 0. The number of hydrogen-bond acceptors (Lipinski definition) is 3. The second kappa shape index (κ2) is 4.44. The molecule has 4 atom stereocenters. The number of rotatable bonds is 2. The SMILES string of the molecule is CC(C)C1CCCN1C(=O)C1(N)C2CCOC2C1(C)C. The lowest BCUT2D eigenvalue weighted by atomic mass is 9.47. The molecule has 3 rings (SSSR count). The van der Waals surface area contributed by atoms with E-state index in [4.69, 9.17) is 10.5 Å². The van der Waals surface area contributed by atoms with Crippen LogP contribution >= 0.6 is 0 Å². The third-order valence-corrected chi connectivity index (χ3v) is 6.14. The van der Waals surface area contributed by atoms with Crippen LogP contribution in [0.3, 0.4) is 0 Å². The van der Waals surface area contributed by atoms with Gasteiger partial charge in [-0.25, -0.2) is 0 Å². The third kappa shape index (κ3) is 1.58. The first-order chi connectivity index (χ1) is 9.31. The fourth-order valence-corrected chi connectivity index (χ4v) is 4.79. The molecule has 0 aromatic carbocycles. The average molecular weight is 280 g/mol. The summed E-state index contributed by atoms with van der Waals surface area (Å²) in [6, 6.07) is 0.361. The molecule has 0 aromatic rings. The van der Waals surface area contributed by atoms with Crippen LogP contribution in [-0.4, -0.2) is 41.6 Å². The van der Waals surface area contributed by atoms with Crippen molar-refractivity contribution in [3.8, 4) is 0 Å². The summed E-state index contributed by atoms with van der Waals surface area (Å²) in [6.45, 7) is 10.2. The predicted octanol–water partition coefficient (Wildman–Crippen LogP) is 1.78. The van der Waals surface area contributed by atoms with Gasteiger partial charge in [-0.3, -0.25) is 4.79 Å². The van der Waals surface area contributed by atoms with Gasteiger partial charge in [0.1, 0.15) is 5.54 Å². The highest BCUT2D eigenvalue weighted by Gasteiger charge is 2.72. The molecule has 0 aromatic heterocycles. The van der Waals surface area contributed by atoms with Gasteiger partial charge in [-0.15, -0.1) is 0 Å². The summed E-state index contributed by atoms with van der Waals surface area (Å²) in [6.07, 6.45) is 3.31. The summed E-state index contributed by atoms with van der Waals surface area (Å²) < 4.78 is 5.80. The lowest BCUT2D eigenvalue weighted by Crippen LogP contribution is -2.80. The van der Waals surface area contributed by atoms with Crippen LogP contribution in [0.15, 0.2) is 0 Å². The van der Waals surface area contributed by atoms with E-state index in [-0.39, 0.29) is 23.3 Å². The summed E-state index contributed by atoms with van der Waals surface area (Å²) >= 11 is 0. The smallest absolute Gasteiger partial charge is 0.243 e. The Balaban J connectivity index is 1.86. The normalized spacial score (nSPS) is 42.7. The van der Waals surface area contributed by atoms with Crippen molar-refractivity contribution in [3.63, 3.8) is 0 Å². The molecule has 1 amide bonds. The lowest BCUT2D eigenvalue weighted by molar-refractivity contribution is -0.185. The zero-order valence-corrected chi connectivity index (χ0v) is 13.2. The molecular weight excluding hydrogens is 252 g/mol. The average Bonchev–Trinajstić information content (AvgIpc) is 3.04. The number of amides is 1. The predicted molar refractivity (Wildman–Crippen MR) is 78.1 cm³/mol. The van der Waals surface area contributed by atoms with E-state index in [0.717, 1.165) is 32.4 Å². The van der Waals surface area contributed by atoms with E-state index < -0.39 is 5.54 Å². The maximum absolute atomic E-state index is 13.2.